The van der Waals surface area contributed by atoms with Crippen molar-refractivity contribution in [3.63, 3.8) is 0 Å². The van der Waals surface area contributed by atoms with Gasteiger partial charge in [0.25, 0.3) is 0 Å². The van der Waals surface area contributed by atoms with Gasteiger partial charge in [0.15, 0.2) is 0 Å². The molecule has 12 aromatic rings. The van der Waals surface area contributed by atoms with Gasteiger partial charge < -0.3 is 0 Å². The van der Waals surface area contributed by atoms with E-state index in [9.17, 15) is 0 Å². The lowest BCUT2D eigenvalue weighted by molar-refractivity contribution is 0.491. The normalized spacial score (nSPS) is 13.0. The van der Waals surface area contributed by atoms with E-state index in [1.807, 2.05) is 0 Å². The van der Waals surface area contributed by atoms with E-state index in [0.717, 1.165) is 12.8 Å². The molecule has 0 radical (unpaired) electrons. The van der Waals surface area contributed by atoms with Crippen LogP contribution in [-0.4, -0.2) is 0 Å². The Kier molecular flexibility index (Phi) is 9.23. The van der Waals surface area contributed by atoms with E-state index >= 15 is 0 Å². The SMILES string of the molecule is CCC1(CC)c2cc(-c3ccc4c5c(cccc35)-c3ccccc3-4)cc(-c3cccc(-c4ccccc4)c3)c2-c2c(-c3cccc(-c4ccccc4)c3)cc(-c3ccc4c5c(cccc35)-c3ccccc3-4)cc21. The van der Waals surface area contributed by atoms with Crippen molar-refractivity contribution in [2.24, 2.45) is 0 Å². The third kappa shape index (κ3) is 6.08. The summed E-state index contributed by atoms with van der Waals surface area (Å²) < 4.78 is 0. The third-order valence-electron chi connectivity index (χ3n) is 17.0. The van der Waals surface area contributed by atoms with Crippen LogP contribution in [0.3, 0.4) is 0 Å². The zero-order valence-electron chi connectivity index (χ0n) is 41.0. The summed E-state index contributed by atoms with van der Waals surface area (Å²) in [4.78, 5) is 0. The largest absolute Gasteiger partial charge is 0.0642 e. The van der Waals surface area contributed by atoms with Gasteiger partial charge in [0.1, 0.15) is 0 Å². The summed E-state index contributed by atoms with van der Waals surface area (Å²) >= 11 is 0. The van der Waals surface area contributed by atoms with Crippen molar-refractivity contribution in [3.05, 3.63) is 254 Å². The van der Waals surface area contributed by atoms with Crippen LogP contribution in [0.25, 0.3) is 144 Å². The van der Waals surface area contributed by atoms with Crippen molar-refractivity contribution in [2.75, 3.05) is 0 Å². The first-order valence-corrected chi connectivity index (χ1v) is 26.1. The molecule has 0 spiro atoms. The Balaban J connectivity index is 1.04. The molecule has 0 N–H and O–H groups in total. The zero-order valence-corrected chi connectivity index (χ0v) is 41.0. The van der Waals surface area contributed by atoms with E-state index in [0.29, 0.717) is 0 Å². The first kappa shape index (κ1) is 41.9. The monoisotopic (exact) mass is 926 g/mol. The Morgan fingerprint density at radius 3 is 0.973 bits per heavy atom. The molecule has 3 aliphatic rings. The second kappa shape index (κ2) is 16.1. The van der Waals surface area contributed by atoms with E-state index in [1.165, 1.54) is 155 Å². The molecule has 0 atom stereocenters. The van der Waals surface area contributed by atoms with Crippen LogP contribution in [0.1, 0.15) is 37.8 Å². The lowest BCUT2D eigenvalue weighted by atomic mass is 9.72. The predicted molar refractivity (Wildman–Crippen MR) is 310 cm³/mol. The molecule has 0 amide bonds. The molecular weight excluding hydrogens is 877 g/mol. The topological polar surface area (TPSA) is 0 Å². The van der Waals surface area contributed by atoms with Crippen LogP contribution in [0.2, 0.25) is 0 Å². The highest BCUT2D eigenvalue weighted by atomic mass is 14.5. The molecule has 0 fully saturated rings. The van der Waals surface area contributed by atoms with Gasteiger partial charge in [-0.3, -0.25) is 0 Å². The highest BCUT2D eigenvalue weighted by Crippen LogP contribution is 2.61. The first-order valence-electron chi connectivity index (χ1n) is 26.1. The van der Waals surface area contributed by atoms with Crippen LogP contribution in [-0.2, 0) is 5.41 Å². The minimum atomic E-state index is -0.273. The van der Waals surface area contributed by atoms with Gasteiger partial charge in [-0.05, 0) is 204 Å². The van der Waals surface area contributed by atoms with Crippen molar-refractivity contribution in [1.82, 2.24) is 0 Å². The van der Waals surface area contributed by atoms with Crippen LogP contribution in [0, 0.1) is 0 Å². The highest BCUT2D eigenvalue weighted by molar-refractivity contribution is 6.20. The summed E-state index contributed by atoms with van der Waals surface area (Å²) in [5.74, 6) is 0. The van der Waals surface area contributed by atoms with Crippen LogP contribution < -0.4 is 0 Å². The molecular formula is C73H50. The maximum Gasteiger partial charge on any atom is 0.0210 e. The van der Waals surface area contributed by atoms with Gasteiger partial charge in [0.05, 0.1) is 0 Å². The molecule has 0 heterocycles. The summed E-state index contributed by atoms with van der Waals surface area (Å²) in [5, 5.41) is 5.32. The summed E-state index contributed by atoms with van der Waals surface area (Å²) in [6.07, 6.45) is 1.92. The van der Waals surface area contributed by atoms with Gasteiger partial charge in [0, 0.05) is 5.41 Å². The molecule has 73 heavy (non-hydrogen) atoms. The summed E-state index contributed by atoms with van der Waals surface area (Å²) in [5.41, 5.74) is 30.8. The molecule has 0 saturated carbocycles. The number of hydrogen-bond acceptors (Lipinski definition) is 0. The summed E-state index contributed by atoms with van der Waals surface area (Å²) in [7, 11) is 0. The molecule has 0 bridgehead atoms. The maximum absolute atomic E-state index is 2.61. The minimum absolute atomic E-state index is 0.273. The fraction of sp³-hybridized carbons (Fsp3) is 0.0685. The van der Waals surface area contributed by atoms with Crippen LogP contribution in [0.4, 0.5) is 0 Å². The van der Waals surface area contributed by atoms with E-state index in [1.54, 1.807) is 0 Å². The van der Waals surface area contributed by atoms with Crippen molar-refractivity contribution >= 4 is 21.5 Å². The van der Waals surface area contributed by atoms with Gasteiger partial charge in [0.2, 0.25) is 0 Å². The first-order chi connectivity index (χ1) is 36.1. The summed E-state index contributed by atoms with van der Waals surface area (Å²) in [6.45, 7) is 4.86. The number of rotatable bonds is 8. The molecule has 0 saturated heterocycles. The van der Waals surface area contributed by atoms with Gasteiger partial charge in [-0.1, -0.05) is 220 Å². The van der Waals surface area contributed by atoms with E-state index in [2.05, 4.69) is 257 Å². The van der Waals surface area contributed by atoms with Crippen LogP contribution in [0.15, 0.2) is 243 Å². The highest BCUT2D eigenvalue weighted by Gasteiger charge is 2.44. The van der Waals surface area contributed by atoms with Crippen molar-refractivity contribution < 1.29 is 0 Å². The average molecular weight is 927 g/mol. The van der Waals surface area contributed by atoms with Crippen LogP contribution in [0.5, 0.6) is 0 Å². The Morgan fingerprint density at radius 2 is 0.562 bits per heavy atom. The minimum Gasteiger partial charge on any atom is -0.0642 e. The third-order valence-corrected chi connectivity index (χ3v) is 17.0. The zero-order chi connectivity index (χ0) is 48.4. The average Bonchev–Trinajstić information content (AvgIpc) is 4.08. The quantitative estimate of drug-likeness (QED) is 0.142. The van der Waals surface area contributed by atoms with E-state index in [-0.39, 0.29) is 5.41 Å². The molecule has 12 aromatic carbocycles. The second-order valence-corrected chi connectivity index (χ2v) is 20.4. The van der Waals surface area contributed by atoms with Crippen molar-refractivity contribution in [2.45, 2.75) is 32.1 Å². The molecule has 0 unspecified atom stereocenters. The maximum atomic E-state index is 2.61. The van der Waals surface area contributed by atoms with Gasteiger partial charge in [-0.2, -0.15) is 0 Å². The van der Waals surface area contributed by atoms with Crippen molar-refractivity contribution in [1.29, 1.82) is 0 Å². The van der Waals surface area contributed by atoms with E-state index < -0.39 is 0 Å². The molecule has 0 heteroatoms. The standard InChI is InChI=1S/C73H50/c1-3-73(4-2)67-43-51(53-35-37-63-57-29-13-11-27-55(57)61-33-17-31-59(53)69(61)63)41-65(49-25-15-23-47(39-49)45-19-7-5-8-20-45)71(67)72-66(50-26-16-24-48(40-50)46-21-9-6-10-22-46)42-52(44-68(72)73)54-36-38-64-58-30-14-12-28-56(58)62-34-18-32-60(54)70(62)64/h5-44H,3-4H2,1-2H3. The van der Waals surface area contributed by atoms with Crippen LogP contribution >= 0.6 is 0 Å². The molecule has 15 rings (SSSR count). The van der Waals surface area contributed by atoms with E-state index in [4.69, 9.17) is 0 Å². The number of hydrogen-bond donors (Lipinski definition) is 0. The number of benzene rings is 12. The van der Waals surface area contributed by atoms with Gasteiger partial charge >= 0.3 is 0 Å². The molecule has 0 aromatic heterocycles. The predicted octanol–water partition coefficient (Wildman–Crippen LogP) is 20.4. The molecule has 342 valence electrons. The Hall–Kier alpha value is -8.84. The molecule has 3 aliphatic carbocycles. The van der Waals surface area contributed by atoms with Crippen molar-refractivity contribution in [3.8, 4) is 122 Å². The fourth-order valence-corrected chi connectivity index (χ4v) is 13.6. The summed E-state index contributed by atoms with van der Waals surface area (Å²) in [6, 6.07) is 92.0. The smallest absolute Gasteiger partial charge is 0.0210 e. The number of fused-ring (bicyclic) bond motifs is 9. The molecule has 0 nitrogen and oxygen atoms in total. The molecule has 0 aliphatic heterocycles. The fourth-order valence-electron chi connectivity index (χ4n) is 13.6. The lowest BCUT2D eigenvalue weighted by Crippen LogP contribution is -2.23. The second-order valence-electron chi connectivity index (χ2n) is 20.4. The Labute approximate surface area is 427 Å². The van der Waals surface area contributed by atoms with Gasteiger partial charge in [-0.25, -0.2) is 0 Å². The van der Waals surface area contributed by atoms with Gasteiger partial charge in [-0.15, -0.1) is 0 Å². The lowest BCUT2D eigenvalue weighted by Gasteiger charge is -2.31. The Bertz CT molecular complexity index is 3930. The Morgan fingerprint density at radius 1 is 0.233 bits per heavy atom.